The van der Waals surface area contributed by atoms with Crippen molar-refractivity contribution in [3.05, 3.63) is 120 Å². The molecule has 0 fully saturated rings. The second-order valence-electron chi connectivity index (χ2n) is 12.1. The Balaban J connectivity index is 1.44. The van der Waals surface area contributed by atoms with Crippen molar-refractivity contribution >= 4 is 46.4 Å². The zero-order chi connectivity index (χ0) is 33.3. The number of carbonyl (C=O) groups is 3. The Kier molecular flexibility index (Phi) is 10.9. The molecular weight excluding hydrogens is 593 g/mol. The van der Waals surface area contributed by atoms with Crippen molar-refractivity contribution in [2.24, 2.45) is 5.92 Å². The first-order valence-corrected chi connectivity index (χ1v) is 15.7. The van der Waals surface area contributed by atoms with Crippen LogP contribution in [0.3, 0.4) is 0 Å². The van der Waals surface area contributed by atoms with Gasteiger partial charge in [0.15, 0.2) is 0 Å². The summed E-state index contributed by atoms with van der Waals surface area (Å²) in [6.07, 6.45) is 4.73. The molecule has 0 radical (unpaired) electrons. The molecule has 5 rings (SSSR count). The molecule has 3 amide bonds. The Bertz CT molecular complexity index is 1850. The van der Waals surface area contributed by atoms with Crippen molar-refractivity contribution in [1.82, 2.24) is 25.9 Å². The lowest BCUT2D eigenvalue weighted by atomic mass is 9.75. The molecule has 5 aromatic rings. The molecule has 0 aliphatic carbocycles. The third kappa shape index (κ3) is 8.99. The third-order valence-electron chi connectivity index (χ3n) is 7.97. The number of hydrogen-bond donors (Lipinski definition) is 5. The van der Waals surface area contributed by atoms with E-state index in [1.807, 2.05) is 98.8 Å². The summed E-state index contributed by atoms with van der Waals surface area (Å²) in [5.41, 5.74) is 1.64. The van der Waals surface area contributed by atoms with Crippen molar-refractivity contribution in [2.75, 3.05) is 0 Å². The topological polar surface area (TPSA) is 154 Å². The lowest BCUT2D eigenvalue weighted by Gasteiger charge is -2.26. The van der Waals surface area contributed by atoms with Crippen LogP contribution in [0.4, 0.5) is 0 Å². The normalized spacial score (nSPS) is 13.1. The van der Waals surface area contributed by atoms with Crippen LogP contribution in [0, 0.1) is 5.92 Å². The van der Waals surface area contributed by atoms with E-state index in [1.165, 1.54) is 18.6 Å². The van der Waals surface area contributed by atoms with E-state index in [-0.39, 0.29) is 24.5 Å². The van der Waals surface area contributed by atoms with Crippen LogP contribution in [0.2, 0.25) is 0 Å². The minimum absolute atomic E-state index is 0.0442. The predicted molar refractivity (Wildman–Crippen MR) is 182 cm³/mol. The molecule has 0 aliphatic heterocycles. The number of nitrogens with one attached hydrogen (secondary N) is 3. The van der Waals surface area contributed by atoms with Gasteiger partial charge in [0.05, 0.1) is 12.1 Å². The van der Waals surface area contributed by atoms with Gasteiger partial charge >= 0.3 is 7.12 Å². The predicted octanol–water partition coefficient (Wildman–Crippen LogP) is 3.39. The molecule has 47 heavy (non-hydrogen) atoms. The molecule has 0 bridgehead atoms. The molecule has 3 atom stereocenters. The quantitative estimate of drug-likeness (QED) is 0.125. The van der Waals surface area contributed by atoms with Crippen LogP contribution >= 0.6 is 0 Å². The maximum absolute atomic E-state index is 14.1. The zero-order valence-electron chi connectivity index (χ0n) is 26.3. The van der Waals surface area contributed by atoms with E-state index < -0.39 is 42.9 Å². The third-order valence-corrected chi connectivity index (χ3v) is 7.97. The highest BCUT2D eigenvalue weighted by atomic mass is 16.4. The standard InChI is InChI=1S/C36H38BN5O5/c1-23(2)17-33(37(46)47)42-35(44)31(21-25-12-14-27-8-4-6-10-29(27)19-25)40-34(43)30(41-36(45)32-22-38-15-16-39-32)20-24-11-13-26-7-3-5-9-28(26)18-24/h3-16,18-19,22-23,30-31,33,46-47H,17,20-21H2,1-2H3,(H,40,43)(H,41,45)(H,42,44)/t30-,31-,33-/m0/s1. The summed E-state index contributed by atoms with van der Waals surface area (Å²) in [6.45, 7) is 3.82. The van der Waals surface area contributed by atoms with E-state index in [1.54, 1.807) is 0 Å². The zero-order valence-corrected chi connectivity index (χ0v) is 26.3. The van der Waals surface area contributed by atoms with Crippen LogP contribution in [0.15, 0.2) is 104 Å². The average Bonchev–Trinajstić information content (AvgIpc) is 3.07. The van der Waals surface area contributed by atoms with Gasteiger partial charge in [-0.3, -0.25) is 19.4 Å². The first kappa shape index (κ1) is 33.2. The van der Waals surface area contributed by atoms with Gasteiger partial charge in [0.25, 0.3) is 5.91 Å². The number of aromatic nitrogens is 2. The van der Waals surface area contributed by atoms with Gasteiger partial charge in [-0.2, -0.15) is 0 Å². The van der Waals surface area contributed by atoms with Gasteiger partial charge in [-0.1, -0.05) is 98.8 Å². The van der Waals surface area contributed by atoms with Crippen LogP contribution in [0.25, 0.3) is 21.5 Å². The second-order valence-corrected chi connectivity index (χ2v) is 12.1. The molecule has 11 heteroatoms. The summed E-state index contributed by atoms with van der Waals surface area (Å²) in [6, 6.07) is 25.1. The van der Waals surface area contributed by atoms with E-state index >= 15 is 0 Å². The first-order chi connectivity index (χ1) is 22.7. The summed E-state index contributed by atoms with van der Waals surface area (Å²) < 4.78 is 0. The summed E-state index contributed by atoms with van der Waals surface area (Å²) in [7, 11) is -1.79. The minimum Gasteiger partial charge on any atom is -0.426 e. The number of amides is 3. The Morgan fingerprint density at radius 1 is 0.702 bits per heavy atom. The lowest BCUT2D eigenvalue weighted by molar-refractivity contribution is -0.130. The highest BCUT2D eigenvalue weighted by Crippen LogP contribution is 2.19. The number of fused-ring (bicyclic) bond motifs is 2. The molecule has 0 spiro atoms. The molecule has 0 aliphatic rings. The van der Waals surface area contributed by atoms with Gasteiger partial charge in [-0.25, -0.2) is 4.98 Å². The van der Waals surface area contributed by atoms with Crippen molar-refractivity contribution in [1.29, 1.82) is 0 Å². The van der Waals surface area contributed by atoms with E-state index in [2.05, 4.69) is 25.9 Å². The van der Waals surface area contributed by atoms with Crippen LogP contribution in [-0.4, -0.2) is 62.9 Å². The van der Waals surface area contributed by atoms with Crippen LogP contribution in [0.5, 0.6) is 0 Å². The fourth-order valence-corrected chi connectivity index (χ4v) is 5.59. The van der Waals surface area contributed by atoms with Gasteiger partial charge in [-0.05, 0) is 45.0 Å². The Labute approximate surface area is 273 Å². The van der Waals surface area contributed by atoms with Crippen LogP contribution in [-0.2, 0) is 22.4 Å². The van der Waals surface area contributed by atoms with Gasteiger partial charge in [0, 0.05) is 25.2 Å². The summed E-state index contributed by atoms with van der Waals surface area (Å²) in [5.74, 6) is -2.62. The van der Waals surface area contributed by atoms with Crippen LogP contribution in [0.1, 0.15) is 41.9 Å². The first-order valence-electron chi connectivity index (χ1n) is 15.7. The van der Waals surface area contributed by atoms with Gasteiger partial charge in [0.2, 0.25) is 11.8 Å². The van der Waals surface area contributed by atoms with E-state index in [9.17, 15) is 24.4 Å². The minimum atomic E-state index is -1.79. The van der Waals surface area contributed by atoms with Crippen molar-refractivity contribution in [2.45, 2.75) is 51.1 Å². The maximum atomic E-state index is 14.1. The number of rotatable bonds is 13. The molecular formula is C36H38BN5O5. The monoisotopic (exact) mass is 631 g/mol. The number of benzene rings is 4. The van der Waals surface area contributed by atoms with E-state index in [0.29, 0.717) is 6.42 Å². The molecule has 0 saturated carbocycles. The molecule has 240 valence electrons. The average molecular weight is 632 g/mol. The molecule has 0 unspecified atom stereocenters. The second kappa shape index (κ2) is 15.4. The summed E-state index contributed by atoms with van der Waals surface area (Å²) in [5, 5.41) is 32.4. The maximum Gasteiger partial charge on any atom is 0.475 e. The van der Waals surface area contributed by atoms with Gasteiger partial charge in [-0.15, -0.1) is 0 Å². The van der Waals surface area contributed by atoms with Crippen LogP contribution < -0.4 is 16.0 Å². The molecule has 1 aromatic heterocycles. The SMILES string of the molecule is CC(C)C[C@H](NC(=O)[C@H](Cc1ccc2ccccc2c1)NC(=O)[C@H](Cc1ccc2ccccc2c1)NC(=O)c1cnccn1)B(O)O. The lowest BCUT2D eigenvalue weighted by Crippen LogP contribution is -2.58. The van der Waals surface area contributed by atoms with Crippen molar-refractivity contribution in [3.8, 4) is 0 Å². The fourth-order valence-electron chi connectivity index (χ4n) is 5.59. The number of nitrogens with zero attached hydrogens (tertiary/aromatic N) is 2. The molecule has 0 saturated heterocycles. The molecule has 10 nitrogen and oxygen atoms in total. The summed E-state index contributed by atoms with van der Waals surface area (Å²) >= 11 is 0. The van der Waals surface area contributed by atoms with E-state index in [0.717, 1.165) is 32.7 Å². The number of carbonyl (C=O) groups excluding carboxylic acids is 3. The smallest absolute Gasteiger partial charge is 0.426 e. The van der Waals surface area contributed by atoms with Crippen molar-refractivity contribution in [3.63, 3.8) is 0 Å². The fraction of sp³-hybridized carbons (Fsp3) is 0.250. The molecule has 4 aromatic carbocycles. The number of hydrogen-bond acceptors (Lipinski definition) is 7. The van der Waals surface area contributed by atoms with Gasteiger partial charge < -0.3 is 26.0 Å². The molecule has 5 N–H and O–H groups in total. The molecule has 1 heterocycles. The Morgan fingerprint density at radius 3 is 1.74 bits per heavy atom. The highest BCUT2D eigenvalue weighted by molar-refractivity contribution is 6.43. The Hall–Kier alpha value is -5.13. The van der Waals surface area contributed by atoms with E-state index in [4.69, 9.17) is 0 Å². The van der Waals surface area contributed by atoms with Gasteiger partial charge in [0.1, 0.15) is 17.8 Å². The Morgan fingerprint density at radius 2 is 1.23 bits per heavy atom. The summed E-state index contributed by atoms with van der Waals surface area (Å²) in [4.78, 5) is 49.0. The largest absolute Gasteiger partial charge is 0.475 e. The highest BCUT2D eigenvalue weighted by Gasteiger charge is 2.32. The van der Waals surface area contributed by atoms with Crippen molar-refractivity contribution < 1.29 is 24.4 Å².